The van der Waals surface area contributed by atoms with Crippen LogP contribution in [0.4, 0.5) is 5.69 Å². The van der Waals surface area contributed by atoms with Gasteiger partial charge in [-0.25, -0.2) is 0 Å². The van der Waals surface area contributed by atoms with E-state index in [9.17, 15) is 14.9 Å². The molecule has 35 heavy (non-hydrogen) atoms. The number of hydrogen-bond acceptors (Lipinski definition) is 6. The molecule has 2 aromatic carbocycles. The van der Waals surface area contributed by atoms with Gasteiger partial charge in [-0.05, 0) is 68.0 Å². The molecule has 8 nitrogen and oxygen atoms in total. The van der Waals surface area contributed by atoms with Crippen LogP contribution in [0, 0.1) is 25.2 Å². The van der Waals surface area contributed by atoms with Gasteiger partial charge in [-0.2, -0.15) is 10.2 Å². The standard InChI is InChI=1S/C27H22N4O4/c1-17-6-10-22(11-7-17)35-26-23(27(33)31-14-4-5-18(2)24(31)30-26)15-19(16-28)25(32)29-20-8-12-21(34-3)13-9-20/h4-15H,1-3H3,(H,29,32). The van der Waals surface area contributed by atoms with Crippen LogP contribution in [0.2, 0.25) is 0 Å². The van der Waals surface area contributed by atoms with E-state index >= 15 is 0 Å². The molecule has 174 valence electrons. The number of aromatic nitrogens is 2. The molecule has 8 heteroatoms. The second-order valence-electron chi connectivity index (χ2n) is 7.79. The van der Waals surface area contributed by atoms with Gasteiger partial charge in [0.2, 0.25) is 5.88 Å². The summed E-state index contributed by atoms with van der Waals surface area (Å²) in [5, 5.41) is 12.4. The number of hydrogen-bond donors (Lipinski definition) is 1. The van der Waals surface area contributed by atoms with Crippen molar-refractivity contribution in [3.05, 3.63) is 99.5 Å². The number of benzene rings is 2. The summed E-state index contributed by atoms with van der Waals surface area (Å²) in [6.07, 6.45) is 2.78. The summed E-state index contributed by atoms with van der Waals surface area (Å²) >= 11 is 0. The maximum absolute atomic E-state index is 13.4. The van der Waals surface area contributed by atoms with Gasteiger partial charge in [-0.3, -0.25) is 14.0 Å². The SMILES string of the molecule is COc1ccc(NC(=O)C(C#N)=Cc2c(Oc3ccc(C)cc3)nc3c(C)cccn3c2=O)cc1. The predicted octanol–water partition coefficient (Wildman–Crippen LogP) is 4.66. The molecule has 0 fully saturated rings. The van der Waals surface area contributed by atoms with Crippen molar-refractivity contribution in [2.75, 3.05) is 12.4 Å². The van der Waals surface area contributed by atoms with Crippen LogP contribution in [0.1, 0.15) is 16.7 Å². The van der Waals surface area contributed by atoms with E-state index in [0.29, 0.717) is 22.8 Å². The number of ether oxygens (including phenoxy) is 2. The number of nitrogens with one attached hydrogen (secondary N) is 1. The summed E-state index contributed by atoms with van der Waals surface area (Å²) in [4.78, 5) is 30.8. The first-order chi connectivity index (χ1) is 16.9. The van der Waals surface area contributed by atoms with E-state index in [1.54, 1.807) is 48.7 Å². The van der Waals surface area contributed by atoms with Crippen molar-refractivity contribution in [2.45, 2.75) is 13.8 Å². The van der Waals surface area contributed by atoms with E-state index in [1.807, 2.05) is 38.1 Å². The minimum absolute atomic E-state index is 0.00171. The van der Waals surface area contributed by atoms with Crippen molar-refractivity contribution < 1.29 is 14.3 Å². The fraction of sp³-hybridized carbons (Fsp3) is 0.111. The molecule has 0 saturated heterocycles. The smallest absolute Gasteiger partial charge is 0.269 e. The highest BCUT2D eigenvalue weighted by atomic mass is 16.5. The number of aryl methyl sites for hydroxylation is 2. The lowest BCUT2D eigenvalue weighted by Crippen LogP contribution is -2.20. The van der Waals surface area contributed by atoms with Crippen LogP contribution in [-0.4, -0.2) is 22.4 Å². The van der Waals surface area contributed by atoms with Crippen molar-refractivity contribution in [1.29, 1.82) is 5.26 Å². The zero-order valence-electron chi connectivity index (χ0n) is 19.4. The molecule has 0 aliphatic heterocycles. The molecule has 4 aromatic rings. The summed E-state index contributed by atoms with van der Waals surface area (Å²) in [6.45, 7) is 3.78. The van der Waals surface area contributed by atoms with E-state index in [1.165, 1.54) is 17.6 Å². The largest absolute Gasteiger partial charge is 0.497 e. The molecule has 0 radical (unpaired) electrons. The molecule has 0 atom stereocenters. The van der Waals surface area contributed by atoms with Gasteiger partial charge in [0.05, 0.1) is 7.11 Å². The molecule has 2 heterocycles. The van der Waals surface area contributed by atoms with Crippen molar-refractivity contribution in [3.8, 4) is 23.4 Å². The topological polar surface area (TPSA) is 106 Å². The molecular weight excluding hydrogens is 444 g/mol. The first kappa shape index (κ1) is 23.3. The Bertz CT molecular complexity index is 1530. The Morgan fingerprint density at radius 3 is 2.40 bits per heavy atom. The molecule has 0 spiro atoms. The van der Waals surface area contributed by atoms with Crippen LogP contribution in [0.25, 0.3) is 11.7 Å². The van der Waals surface area contributed by atoms with Crippen LogP contribution < -0.4 is 20.3 Å². The second kappa shape index (κ2) is 9.93. The average Bonchev–Trinajstić information content (AvgIpc) is 2.86. The van der Waals surface area contributed by atoms with Gasteiger partial charge < -0.3 is 14.8 Å². The highest BCUT2D eigenvalue weighted by Crippen LogP contribution is 2.25. The zero-order chi connectivity index (χ0) is 24.9. The van der Waals surface area contributed by atoms with Crippen LogP contribution in [-0.2, 0) is 4.79 Å². The lowest BCUT2D eigenvalue weighted by atomic mass is 10.1. The molecule has 0 unspecified atom stereocenters. The fourth-order valence-corrected chi connectivity index (χ4v) is 3.38. The normalized spacial score (nSPS) is 11.1. The fourth-order valence-electron chi connectivity index (χ4n) is 3.38. The van der Waals surface area contributed by atoms with Gasteiger partial charge >= 0.3 is 0 Å². The quantitative estimate of drug-likeness (QED) is 0.327. The third kappa shape index (κ3) is 5.04. The van der Waals surface area contributed by atoms with Gasteiger partial charge in [0, 0.05) is 11.9 Å². The maximum Gasteiger partial charge on any atom is 0.269 e. The van der Waals surface area contributed by atoms with E-state index in [-0.39, 0.29) is 17.0 Å². The van der Waals surface area contributed by atoms with Gasteiger partial charge in [0.25, 0.3) is 11.5 Å². The van der Waals surface area contributed by atoms with E-state index in [0.717, 1.165) is 11.1 Å². The Labute approximate surface area is 201 Å². The number of anilines is 1. The Morgan fingerprint density at radius 1 is 1.06 bits per heavy atom. The molecule has 0 aliphatic carbocycles. The number of amides is 1. The Hall–Kier alpha value is -4.90. The third-order valence-corrected chi connectivity index (χ3v) is 5.29. The maximum atomic E-state index is 13.4. The van der Waals surface area contributed by atoms with Gasteiger partial charge in [0.1, 0.15) is 34.4 Å². The summed E-state index contributed by atoms with van der Waals surface area (Å²) < 4.78 is 12.4. The highest BCUT2D eigenvalue weighted by Gasteiger charge is 2.18. The molecule has 0 aliphatic rings. The van der Waals surface area contributed by atoms with Crippen LogP contribution in [0.15, 0.2) is 77.2 Å². The number of rotatable bonds is 6. The number of pyridine rings is 1. The molecule has 4 rings (SSSR count). The van der Waals surface area contributed by atoms with Crippen molar-refractivity contribution >= 4 is 23.3 Å². The Kier molecular flexibility index (Phi) is 6.60. The molecular formula is C27H22N4O4. The average molecular weight is 466 g/mol. The lowest BCUT2D eigenvalue weighted by Gasteiger charge is -2.12. The number of fused-ring (bicyclic) bond motifs is 1. The monoisotopic (exact) mass is 466 g/mol. The molecule has 0 saturated carbocycles. The number of methoxy groups -OCH3 is 1. The minimum Gasteiger partial charge on any atom is -0.497 e. The van der Waals surface area contributed by atoms with Gasteiger partial charge in [0.15, 0.2) is 0 Å². The van der Waals surface area contributed by atoms with Crippen LogP contribution >= 0.6 is 0 Å². The number of nitriles is 1. The second-order valence-corrected chi connectivity index (χ2v) is 7.79. The first-order valence-corrected chi connectivity index (χ1v) is 10.7. The number of nitrogens with zero attached hydrogens (tertiary/aromatic N) is 3. The molecule has 2 aromatic heterocycles. The summed E-state index contributed by atoms with van der Waals surface area (Å²) in [5.41, 5.74) is 1.94. The molecule has 1 N–H and O–H groups in total. The van der Waals surface area contributed by atoms with E-state index in [2.05, 4.69) is 10.3 Å². The number of carbonyl (C=O) groups is 1. The summed E-state index contributed by atoms with van der Waals surface area (Å²) in [7, 11) is 1.54. The Balaban J connectivity index is 1.79. The zero-order valence-corrected chi connectivity index (χ0v) is 19.4. The molecule has 1 amide bonds. The minimum atomic E-state index is -0.673. The first-order valence-electron chi connectivity index (χ1n) is 10.7. The summed E-state index contributed by atoms with van der Waals surface area (Å²) in [5.74, 6) is 0.421. The van der Waals surface area contributed by atoms with Gasteiger partial charge in [-0.15, -0.1) is 0 Å². The lowest BCUT2D eigenvalue weighted by molar-refractivity contribution is -0.112. The van der Waals surface area contributed by atoms with Crippen molar-refractivity contribution in [3.63, 3.8) is 0 Å². The van der Waals surface area contributed by atoms with E-state index < -0.39 is 11.5 Å². The predicted molar refractivity (Wildman–Crippen MR) is 133 cm³/mol. The highest BCUT2D eigenvalue weighted by molar-refractivity contribution is 6.09. The van der Waals surface area contributed by atoms with Crippen molar-refractivity contribution in [2.24, 2.45) is 0 Å². The van der Waals surface area contributed by atoms with E-state index in [4.69, 9.17) is 9.47 Å². The summed E-state index contributed by atoms with van der Waals surface area (Å²) in [6, 6.07) is 19.3. The van der Waals surface area contributed by atoms with Crippen molar-refractivity contribution in [1.82, 2.24) is 9.38 Å². The van der Waals surface area contributed by atoms with Crippen LogP contribution in [0.3, 0.4) is 0 Å². The molecule has 0 bridgehead atoms. The number of carbonyl (C=O) groups excluding carboxylic acids is 1. The van der Waals surface area contributed by atoms with Crippen LogP contribution in [0.5, 0.6) is 17.4 Å². The van der Waals surface area contributed by atoms with Gasteiger partial charge in [-0.1, -0.05) is 23.8 Å². The third-order valence-electron chi connectivity index (χ3n) is 5.29. The Morgan fingerprint density at radius 2 is 1.74 bits per heavy atom.